The van der Waals surface area contributed by atoms with Crippen molar-refractivity contribution < 1.29 is 37.1 Å². The fraction of sp³-hybridized carbons (Fsp3) is 0.238. The minimum Gasteiger partial charge on any atom is -0.455 e. The molecular formula is C21H20F3N3O5. The van der Waals surface area contributed by atoms with Crippen LogP contribution in [0.4, 0.5) is 18.9 Å². The molecule has 0 bridgehead atoms. The summed E-state index contributed by atoms with van der Waals surface area (Å²) in [6.07, 6.45) is -4.78. The van der Waals surface area contributed by atoms with Crippen molar-refractivity contribution in [3.63, 3.8) is 0 Å². The molecule has 2 aromatic carbocycles. The van der Waals surface area contributed by atoms with Gasteiger partial charge in [-0.3, -0.25) is 30.0 Å². The van der Waals surface area contributed by atoms with Crippen LogP contribution in [-0.4, -0.2) is 30.3 Å². The van der Waals surface area contributed by atoms with Gasteiger partial charge in [-0.1, -0.05) is 24.3 Å². The molecule has 3 N–H and O–H groups in total. The van der Waals surface area contributed by atoms with Gasteiger partial charge >= 0.3 is 12.1 Å². The molecular weight excluding hydrogens is 431 g/mol. The molecule has 0 aromatic heterocycles. The smallest absolute Gasteiger partial charge is 0.416 e. The summed E-state index contributed by atoms with van der Waals surface area (Å²) in [5.41, 5.74) is 3.68. The van der Waals surface area contributed by atoms with Gasteiger partial charge in [0.25, 0.3) is 11.8 Å². The van der Waals surface area contributed by atoms with Gasteiger partial charge in [-0.25, -0.2) is 0 Å². The average Bonchev–Trinajstić information content (AvgIpc) is 2.76. The van der Waals surface area contributed by atoms with Gasteiger partial charge in [-0.15, -0.1) is 0 Å². The Labute approximate surface area is 181 Å². The number of anilines is 1. The third-order valence-corrected chi connectivity index (χ3v) is 3.97. The summed E-state index contributed by atoms with van der Waals surface area (Å²) in [4.78, 5) is 46.9. The molecule has 0 saturated carbocycles. The Morgan fingerprint density at radius 2 is 1.56 bits per heavy atom. The van der Waals surface area contributed by atoms with Crippen LogP contribution in [-0.2, 0) is 25.3 Å². The van der Waals surface area contributed by atoms with Crippen molar-refractivity contribution in [2.24, 2.45) is 0 Å². The molecule has 0 spiro atoms. The minimum atomic E-state index is -4.53. The number of alkyl halides is 3. The van der Waals surface area contributed by atoms with Crippen LogP contribution >= 0.6 is 0 Å². The van der Waals surface area contributed by atoms with Gasteiger partial charge < -0.3 is 10.1 Å². The molecule has 2 aromatic rings. The highest BCUT2D eigenvalue weighted by Gasteiger charge is 2.30. The number of halogens is 3. The molecule has 11 heteroatoms. The third-order valence-electron chi connectivity index (χ3n) is 3.97. The maximum Gasteiger partial charge on any atom is 0.416 e. The van der Waals surface area contributed by atoms with E-state index < -0.39 is 42.0 Å². The first-order chi connectivity index (χ1) is 15.1. The van der Waals surface area contributed by atoms with Crippen molar-refractivity contribution in [2.75, 3.05) is 11.9 Å². The van der Waals surface area contributed by atoms with Crippen molar-refractivity contribution in [2.45, 2.75) is 25.4 Å². The highest BCUT2D eigenvalue weighted by Crippen LogP contribution is 2.30. The molecule has 170 valence electrons. The lowest BCUT2D eigenvalue weighted by atomic mass is 10.2. The summed E-state index contributed by atoms with van der Waals surface area (Å²) < 4.78 is 42.8. The summed E-state index contributed by atoms with van der Waals surface area (Å²) in [6, 6.07) is 12.3. The molecule has 0 fully saturated rings. The first kappa shape index (κ1) is 24.4. The third kappa shape index (κ3) is 8.46. The largest absolute Gasteiger partial charge is 0.455 e. The Kier molecular flexibility index (Phi) is 8.75. The summed E-state index contributed by atoms with van der Waals surface area (Å²) in [7, 11) is 0. The SMILES string of the molecule is O=C(COC(=O)CCCC(=O)Nc1cccc(C(F)(F)F)c1)NNC(=O)c1ccccc1. The second-order valence-electron chi connectivity index (χ2n) is 6.51. The summed E-state index contributed by atoms with van der Waals surface area (Å²) in [6.45, 7) is -0.635. The number of benzene rings is 2. The van der Waals surface area contributed by atoms with Crippen LogP contribution in [0.2, 0.25) is 0 Å². The zero-order valence-corrected chi connectivity index (χ0v) is 16.7. The first-order valence-electron chi connectivity index (χ1n) is 9.42. The Balaban J connectivity index is 1.63. The standard InChI is InChI=1S/C21H20F3N3O5/c22-21(23,24)15-8-4-9-16(12-15)25-17(28)10-5-11-19(30)32-13-18(29)26-27-20(31)14-6-2-1-3-7-14/h1-4,6-9,12H,5,10-11,13H2,(H,25,28)(H,26,29)(H,27,31). The molecule has 0 aliphatic rings. The summed E-state index contributed by atoms with van der Waals surface area (Å²) >= 11 is 0. The normalized spacial score (nSPS) is 10.7. The van der Waals surface area contributed by atoms with Gasteiger partial charge in [-0.2, -0.15) is 13.2 Å². The molecule has 8 nitrogen and oxygen atoms in total. The van der Waals surface area contributed by atoms with Gasteiger partial charge in [0.05, 0.1) is 5.56 Å². The van der Waals surface area contributed by atoms with E-state index in [0.717, 1.165) is 12.1 Å². The van der Waals surface area contributed by atoms with E-state index in [1.54, 1.807) is 30.3 Å². The van der Waals surface area contributed by atoms with E-state index in [-0.39, 0.29) is 24.9 Å². The number of amides is 3. The molecule has 0 saturated heterocycles. The molecule has 0 aliphatic heterocycles. The van der Waals surface area contributed by atoms with Gasteiger partial charge in [-0.05, 0) is 36.8 Å². The molecule has 0 atom stereocenters. The van der Waals surface area contributed by atoms with Crippen LogP contribution in [0.3, 0.4) is 0 Å². The molecule has 0 aliphatic carbocycles. The number of carbonyl (C=O) groups excluding carboxylic acids is 4. The highest BCUT2D eigenvalue weighted by atomic mass is 19.4. The van der Waals surface area contributed by atoms with Gasteiger partial charge in [0.1, 0.15) is 0 Å². The lowest BCUT2D eigenvalue weighted by Gasteiger charge is -2.10. The topological polar surface area (TPSA) is 114 Å². The van der Waals surface area contributed by atoms with Crippen LogP contribution in [0.5, 0.6) is 0 Å². The van der Waals surface area contributed by atoms with Crippen LogP contribution in [0.1, 0.15) is 35.2 Å². The molecule has 0 radical (unpaired) electrons. The van der Waals surface area contributed by atoms with Gasteiger partial charge in [0.2, 0.25) is 5.91 Å². The summed E-state index contributed by atoms with van der Waals surface area (Å²) in [5, 5.41) is 2.32. The second-order valence-corrected chi connectivity index (χ2v) is 6.51. The Hall–Kier alpha value is -3.89. The Bertz CT molecular complexity index is 965. The van der Waals surface area contributed by atoms with E-state index in [4.69, 9.17) is 4.74 Å². The van der Waals surface area contributed by atoms with E-state index in [1.165, 1.54) is 12.1 Å². The van der Waals surface area contributed by atoms with Gasteiger partial charge in [0.15, 0.2) is 6.61 Å². The quantitative estimate of drug-likeness (QED) is 0.422. The second kappa shape index (κ2) is 11.5. The van der Waals surface area contributed by atoms with E-state index in [0.29, 0.717) is 5.56 Å². The van der Waals surface area contributed by atoms with E-state index >= 15 is 0 Å². The molecule has 0 unspecified atom stereocenters. The van der Waals surface area contributed by atoms with Crippen LogP contribution < -0.4 is 16.2 Å². The number of rotatable bonds is 8. The maximum atomic E-state index is 12.7. The Morgan fingerprint density at radius 3 is 2.25 bits per heavy atom. The van der Waals surface area contributed by atoms with Crippen LogP contribution in [0.25, 0.3) is 0 Å². The van der Waals surface area contributed by atoms with E-state index in [1.807, 2.05) is 0 Å². The van der Waals surface area contributed by atoms with Gasteiger partial charge in [0, 0.05) is 24.1 Å². The first-order valence-corrected chi connectivity index (χ1v) is 9.42. The summed E-state index contributed by atoms with van der Waals surface area (Å²) in [5.74, 6) is -2.62. The zero-order valence-electron chi connectivity index (χ0n) is 16.7. The minimum absolute atomic E-state index is 0.0124. The number of esters is 1. The van der Waals surface area contributed by atoms with Crippen molar-refractivity contribution in [3.8, 4) is 0 Å². The fourth-order valence-electron chi connectivity index (χ4n) is 2.43. The predicted octanol–water partition coefficient (Wildman–Crippen LogP) is 2.82. The average molecular weight is 451 g/mol. The van der Waals surface area contributed by atoms with E-state index in [2.05, 4.69) is 16.2 Å². The Morgan fingerprint density at radius 1 is 0.844 bits per heavy atom. The number of ether oxygens (including phenoxy) is 1. The highest BCUT2D eigenvalue weighted by molar-refractivity contribution is 5.95. The zero-order chi connectivity index (χ0) is 23.6. The monoisotopic (exact) mass is 451 g/mol. The number of nitrogens with one attached hydrogen (secondary N) is 3. The van der Waals surface area contributed by atoms with Crippen molar-refractivity contribution in [3.05, 3.63) is 65.7 Å². The lowest BCUT2D eigenvalue weighted by Crippen LogP contribution is -2.43. The number of hydrogen-bond donors (Lipinski definition) is 3. The lowest BCUT2D eigenvalue weighted by molar-refractivity contribution is -0.148. The van der Waals surface area contributed by atoms with Crippen molar-refractivity contribution >= 4 is 29.4 Å². The van der Waals surface area contributed by atoms with Crippen molar-refractivity contribution in [1.29, 1.82) is 0 Å². The fourth-order valence-corrected chi connectivity index (χ4v) is 2.43. The van der Waals surface area contributed by atoms with Crippen molar-refractivity contribution in [1.82, 2.24) is 10.9 Å². The molecule has 32 heavy (non-hydrogen) atoms. The molecule has 2 rings (SSSR count). The molecule has 3 amide bonds. The number of hydrogen-bond acceptors (Lipinski definition) is 5. The van der Waals surface area contributed by atoms with E-state index in [9.17, 15) is 32.3 Å². The molecule has 0 heterocycles. The van der Waals surface area contributed by atoms with Crippen LogP contribution in [0.15, 0.2) is 54.6 Å². The predicted molar refractivity (Wildman–Crippen MR) is 107 cm³/mol. The number of carbonyl (C=O) groups is 4. The number of hydrazine groups is 1. The van der Waals surface area contributed by atoms with Crippen LogP contribution in [0, 0.1) is 0 Å². The maximum absolute atomic E-state index is 12.7.